The number of benzene rings is 1. The van der Waals surface area contributed by atoms with Gasteiger partial charge in [-0.25, -0.2) is 9.97 Å². The number of hydrogen-bond donors (Lipinski definition) is 1. The normalized spacial score (nSPS) is 16.8. The molecule has 0 fully saturated rings. The molecule has 0 bridgehead atoms. The predicted molar refractivity (Wildman–Crippen MR) is 110 cm³/mol. The fourth-order valence-corrected chi connectivity index (χ4v) is 5.35. The maximum Gasteiger partial charge on any atom is 0.191 e. The van der Waals surface area contributed by atoms with Gasteiger partial charge in [-0.2, -0.15) is 0 Å². The number of fused-ring (bicyclic) bond motifs is 3. The standard InChI is InChI=1S/C19H20ClN3OS2/c1-2-3-13-8-14-15(9-24-13)26-18-16(14)17(21)22-19(23-18)25-10-11-4-6-12(20)7-5-11/h4-7,13H,2-3,8-10H2,1H3,(H2,21,22,23). The third-order valence-electron chi connectivity index (χ3n) is 4.52. The molecule has 26 heavy (non-hydrogen) atoms. The third-order valence-corrected chi connectivity index (χ3v) is 6.79. The van der Waals surface area contributed by atoms with Gasteiger partial charge in [0.1, 0.15) is 10.6 Å². The first-order chi connectivity index (χ1) is 12.6. The van der Waals surface area contributed by atoms with Gasteiger partial charge in [0.15, 0.2) is 5.16 Å². The summed E-state index contributed by atoms with van der Waals surface area (Å²) >= 11 is 9.22. The summed E-state index contributed by atoms with van der Waals surface area (Å²) in [5, 5.41) is 2.49. The van der Waals surface area contributed by atoms with E-state index in [1.54, 1.807) is 23.1 Å². The number of halogens is 1. The molecule has 1 aliphatic rings. The molecule has 136 valence electrons. The highest BCUT2D eigenvalue weighted by Crippen LogP contribution is 2.39. The van der Waals surface area contributed by atoms with E-state index in [1.165, 1.54) is 16.0 Å². The number of rotatable bonds is 5. The van der Waals surface area contributed by atoms with Crippen molar-refractivity contribution in [3.05, 3.63) is 45.3 Å². The molecule has 4 rings (SSSR count). The average Bonchev–Trinajstić information content (AvgIpc) is 3.00. The van der Waals surface area contributed by atoms with Crippen molar-refractivity contribution in [2.75, 3.05) is 5.73 Å². The van der Waals surface area contributed by atoms with Gasteiger partial charge in [0.2, 0.25) is 0 Å². The molecule has 1 unspecified atom stereocenters. The minimum atomic E-state index is 0.281. The van der Waals surface area contributed by atoms with Crippen molar-refractivity contribution in [3.8, 4) is 0 Å². The number of ether oxygens (including phenoxy) is 1. The van der Waals surface area contributed by atoms with Crippen molar-refractivity contribution in [2.24, 2.45) is 0 Å². The number of hydrogen-bond acceptors (Lipinski definition) is 6. The summed E-state index contributed by atoms with van der Waals surface area (Å²) in [5.74, 6) is 1.37. The van der Waals surface area contributed by atoms with Crippen LogP contribution in [0, 0.1) is 0 Å². The highest BCUT2D eigenvalue weighted by molar-refractivity contribution is 7.98. The fraction of sp³-hybridized carbons (Fsp3) is 0.368. The van der Waals surface area contributed by atoms with Crippen LogP contribution in [0.25, 0.3) is 10.2 Å². The number of nitrogens with two attached hydrogens (primary N) is 1. The van der Waals surface area contributed by atoms with E-state index in [2.05, 4.69) is 11.9 Å². The van der Waals surface area contributed by atoms with E-state index in [0.717, 1.165) is 45.4 Å². The maximum atomic E-state index is 6.32. The summed E-state index contributed by atoms with van der Waals surface area (Å²) < 4.78 is 5.96. The summed E-state index contributed by atoms with van der Waals surface area (Å²) in [5.41, 5.74) is 8.79. The Balaban J connectivity index is 1.58. The van der Waals surface area contributed by atoms with Gasteiger partial charge < -0.3 is 10.5 Å². The van der Waals surface area contributed by atoms with E-state index in [0.29, 0.717) is 12.4 Å². The highest BCUT2D eigenvalue weighted by atomic mass is 35.5. The van der Waals surface area contributed by atoms with Crippen molar-refractivity contribution in [2.45, 2.75) is 49.8 Å². The van der Waals surface area contributed by atoms with Crippen molar-refractivity contribution >= 4 is 50.7 Å². The molecule has 0 aliphatic carbocycles. The van der Waals surface area contributed by atoms with Crippen LogP contribution in [0.5, 0.6) is 0 Å². The monoisotopic (exact) mass is 405 g/mol. The molecular formula is C19H20ClN3OS2. The molecule has 1 aliphatic heterocycles. The Morgan fingerprint density at radius 1 is 1.31 bits per heavy atom. The Labute approximate surface area is 166 Å². The zero-order valence-corrected chi connectivity index (χ0v) is 16.9. The van der Waals surface area contributed by atoms with Crippen LogP contribution in [0.15, 0.2) is 29.4 Å². The zero-order valence-electron chi connectivity index (χ0n) is 14.5. The Hall–Kier alpha value is -1.34. The van der Waals surface area contributed by atoms with Crippen molar-refractivity contribution in [1.29, 1.82) is 0 Å². The summed E-state index contributed by atoms with van der Waals surface area (Å²) in [7, 11) is 0. The van der Waals surface area contributed by atoms with Crippen LogP contribution in [0.1, 0.15) is 35.8 Å². The Bertz CT molecular complexity index is 927. The van der Waals surface area contributed by atoms with Crippen molar-refractivity contribution < 1.29 is 4.74 Å². The van der Waals surface area contributed by atoms with Gasteiger partial charge >= 0.3 is 0 Å². The van der Waals surface area contributed by atoms with Gasteiger partial charge in [0, 0.05) is 22.1 Å². The molecule has 7 heteroatoms. The number of thioether (sulfide) groups is 1. The molecule has 0 spiro atoms. The van der Waals surface area contributed by atoms with Gasteiger partial charge in [0.25, 0.3) is 0 Å². The lowest BCUT2D eigenvalue weighted by molar-refractivity contribution is 0.0254. The van der Waals surface area contributed by atoms with Crippen molar-refractivity contribution in [3.63, 3.8) is 0 Å². The van der Waals surface area contributed by atoms with Gasteiger partial charge in [-0.05, 0) is 29.7 Å². The number of nitrogen functional groups attached to an aromatic ring is 1. The highest BCUT2D eigenvalue weighted by Gasteiger charge is 2.25. The van der Waals surface area contributed by atoms with Crippen LogP contribution in [0.3, 0.4) is 0 Å². The average molecular weight is 406 g/mol. The van der Waals surface area contributed by atoms with E-state index in [-0.39, 0.29) is 6.10 Å². The molecule has 1 atom stereocenters. The summed E-state index contributed by atoms with van der Waals surface area (Å²) in [4.78, 5) is 11.5. The van der Waals surface area contributed by atoms with Crippen LogP contribution in [0.4, 0.5) is 5.82 Å². The molecule has 2 N–H and O–H groups in total. The van der Waals surface area contributed by atoms with Gasteiger partial charge in [-0.15, -0.1) is 11.3 Å². The number of anilines is 1. The first-order valence-corrected chi connectivity index (χ1v) is 10.9. The quantitative estimate of drug-likeness (QED) is 0.451. The second-order valence-corrected chi connectivity index (χ2v) is 8.88. The second kappa shape index (κ2) is 7.72. The Morgan fingerprint density at radius 2 is 2.12 bits per heavy atom. The summed E-state index contributed by atoms with van der Waals surface area (Å²) in [6.45, 7) is 2.85. The largest absolute Gasteiger partial charge is 0.383 e. The lowest BCUT2D eigenvalue weighted by Gasteiger charge is -2.22. The van der Waals surface area contributed by atoms with Crippen LogP contribution in [-0.4, -0.2) is 16.1 Å². The fourth-order valence-electron chi connectivity index (χ4n) is 3.22. The van der Waals surface area contributed by atoms with Crippen LogP contribution in [-0.2, 0) is 23.5 Å². The van der Waals surface area contributed by atoms with E-state index < -0.39 is 0 Å². The van der Waals surface area contributed by atoms with Gasteiger partial charge in [-0.3, -0.25) is 0 Å². The molecule has 3 aromatic rings. The summed E-state index contributed by atoms with van der Waals surface area (Å²) in [6, 6.07) is 7.84. The minimum absolute atomic E-state index is 0.281. The molecule has 0 amide bonds. The van der Waals surface area contributed by atoms with Gasteiger partial charge in [0.05, 0.1) is 18.1 Å². The van der Waals surface area contributed by atoms with E-state index in [9.17, 15) is 0 Å². The van der Waals surface area contributed by atoms with Crippen LogP contribution < -0.4 is 5.73 Å². The Kier molecular flexibility index (Phi) is 5.36. The number of thiophene rings is 1. The molecule has 4 nitrogen and oxygen atoms in total. The molecule has 2 aromatic heterocycles. The molecular weight excluding hydrogens is 386 g/mol. The van der Waals surface area contributed by atoms with E-state index >= 15 is 0 Å². The number of nitrogens with zero attached hydrogens (tertiary/aromatic N) is 2. The minimum Gasteiger partial charge on any atom is -0.383 e. The zero-order chi connectivity index (χ0) is 18.1. The maximum absolute atomic E-state index is 6.32. The van der Waals surface area contributed by atoms with Crippen molar-refractivity contribution in [1.82, 2.24) is 9.97 Å². The molecule has 1 aromatic carbocycles. The Morgan fingerprint density at radius 3 is 2.88 bits per heavy atom. The van der Waals surface area contributed by atoms with E-state index in [1.807, 2.05) is 24.3 Å². The molecule has 0 saturated carbocycles. The molecule has 0 radical (unpaired) electrons. The first kappa shape index (κ1) is 18.0. The SMILES string of the molecule is CCCC1Cc2c(sc3nc(SCc4ccc(Cl)cc4)nc(N)c23)CO1. The molecule has 3 heterocycles. The second-order valence-electron chi connectivity index (χ2n) is 6.42. The molecule has 0 saturated heterocycles. The lowest BCUT2D eigenvalue weighted by atomic mass is 10.0. The third kappa shape index (κ3) is 3.69. The van der Waals surface area contributed by atoms with Crippen LogP contribution >= 0.6 is 34.7 Å². The van der Waals surface area contributed by atoms with Crippen LogP contribution in [0.2, 0.25) is 5.02 Å². The predicted octanol–water partition coefficient (Wildman–Crippen LogP) is 5.46. The van der Waals surface area contributed by atoms with Gasteiger partial charge in [-0.1, -0.05) is 48.8 Å². The van der Waals surface area contributed by atoms with E-state index in [4.69, 9.17) is 27.1 Å². The topological polar surface area (TPSA) is 61.0 Å². The lowest BCUT2D eigenvalue weighted by Crippen LogP contribution is -2.21. The summed E-state index contributed by atoms with van der Waals surface area (Å²) in [6.07, 6.45) is 3.39. The number of aromatic nitrogens is 2. The first-order valence-electron chi connectivity index (χ1n) is 8.70. The smallest absolute Gasteiger partial charge is 0.191 e.